The van der Waals surface area contributed by atoms with E-state index in [2.05, 4.69) is 40.2 Å². The van der Waals surface area contributed by atoms with E-state index >= 15 is 0 Å². The molecule has 11 heavy (non-hydrogen) atoms. The first-order valence-electron chi connectivity index (χ1n) is 3.18. The highest BCUT2D eigenvalue weighted by molar-refractivity contribution is 9.10. The molecule has 1 heterocycles. The van der Waals surface area contributed by atoms with Gasteiger partial charge in [-0.25, -0.2) is 0 Å². The SMILES string of the molecule is C=C(CS)Cn1cc(Br)cn1. The highest BCUT2D eigenvalue weighted by atomic mass is 79.9. The van der Waals surface area contributed by atoms with Crippen molar-refractivity contribution in [3.8, 4) is 0 Å². The highest BCUT2D eigenvalue weighted by Gasteiger charge is 1.95. The summed E-state index contributed by atoms with van der Waals surface area (Å²) in [5.74, 6) is 0.706. The summed E-state index contributed by atoms with van der Waals surface area (Å²) >= 11 is 7.41. The van der Waals surface area contributed by atoms with Crippen molar-refractivity contribution in [2.75, 3.05) is 5.75 Å². The second kappa shape index (κ2) is 3.97. The number of rotatable bonds is 3. The summed E-state index contributed by atoms with van der Waals surface area (Å²) in [6.07, 6.45) is 3.67. The van der Waals surface area contributed by atoms with Crippen molar-refractivity contribution in [3.63, 3.8) is 0 Å². The van der Waals surface area contributed by atoms with Crippen LogP contribution in [0.3, 0.4) is 0 Å². The minimum absolute atomic E-state index is 0.706. The molecule has 0 amide bonds. The fraction of sp³-hybridized carbons (Fsp3) is 0.286. The molecular weight excluding hydrogens is 224 g/mol. The van der Waals surface area contributed by atoms with Crippen molar-refractivity contribution in [1.82, 2.24) is 9.78 Å². The molecule has 0 aliphatic carbocycles. The van der Waals surface area contributed by atoms with Crippen molar-refractivity contribution in [2.45, 2.75) is 6.54 Å². The van der Waals surface area contributed by atoms with E-state index in [4.69, 9.17) is 0 Å². The van der Waals surface area contributed by atoms with Crippen LogP contribution >= 0.6 is 28.6 Å². The molecular formula is C7H9BrN2S. The largest absolute Gasteiger partial charge is 0.267 e. The second-order valence-electron chi connectivity index (χ2n) is 2.26. The summed E-state index contributed by atoms with van der Waals surface area (Å²) in [6, 6.07) is 0. The maximum absolute atomic E-state index is 4.10. The van der Waals surface area contributed by atoms with E-state index < -0.39 is 0 Å². The second-order valence-corrected chi connectivity index (χ2v) is 3.50. The molecule has 0 aliphatic rings. The number of hydrogen-bond acceptors (Lipinski definition) is 2. The van der Waals surface area contributed by atoms with Gasteiger partial charge in [0.05, 0.1) is 17.2 Å². The molecule has 0 atom stereocenters. The van der Waals surface area contributed by atoms with Gasteiger partial charge >= 0.3 is 0 Å². The van der Waals surface area contributed by atoms with Crippen molar-refractivity contribution in [3.05, 3.63) is 29.0 Å². The van der Waals surface area contributed by atoms with Crippen LogP contribution in [0.1, 0.15) is 0 Å². The number of thiol groups is 1. The topological polar surface area (TPSA) is 17.8 Å². The molecule has 0 fully saturated rings. The van der Waals surface area contributed by atoms with Gasteiger partial charge in [0.15, 0.2) is 0 Å². The van der Waals surface area contributed by atoms with Gasteiger partial charge in [-0.1, -0.05) is 6.58 Å². The van der Waals surface area contributed by atoms with Gasteiger partial charge < -0.3 is 0 Å². The zero-order chi connectivity index (χ0) is 8.27. The van der Waals surface area contributed by atoms with Gasteiger partial charge in [0.2, 0.25) is 0 Å². The van der Waals surface area contributed by atoms with E-state index in [-0.39, 0.29) is 0 Å². The van der Waals surface area contributed by atoms with Gasteiger partial charge in [-0.3, -0.25) is 4.68 Å². The van der Waals surface area contributed by atoms with E-state index in [0.29, 0.717) is 5.75 Å². The van der Waals surface area contributed by atoms with E-state index in [0.717, 1.165) is 16.6 Å². The molecule has 0 aliphatic heterocycles. The molecule has 0 spiro atoms. The van der Waals surface area contributed by atoms with Crippen LogP contribution in [0.4, 0.5) is 0 Å². The Kier molecular flexibility index (Phi) is 3.20. The number of hydrogen-bond donors (Lipinski definition) is 1. The maximum atomic E-state index is 4.10. The predicted octanol–water partition coefficient (Wildman–Crippen LogP) is 2.13. The Labute approximate surface area is 79.8 Å². The molecule has 2 nitrogen and oxygen atoms in total. The monoisotopic (exact) mass is 232 g/mol. The summed E-state index contributed by atoms with van der Waals surface area (Å²) in [7, 11) is 0. The molecule has 0 N–H and O–H groups in total. The molecule has 0 aromatic carbocycles. The van der Waals surface area contributed by atoms with E-state index in [1.165, 1.54) is 0 Å². The lowest BCUT2D eigenvalue weighted by Gasteiger charge is -2.00. The van der Waals surface area contributed by atoms with E-state index in [1.54, 1.807) is 6.20 Å². The lowest BCUT2D eigenvalue weighted by molar-refractivity contribution is 0.680. The zero-order valence-electron chi connectivity index (χ0n) is 6.00. The highest BCUT2D eigenvalue weighted by Crippen LogP contribution is 2.07. The summed E-state index contributed by atoms with van der Waals surface area (Å²) in [5, 5.41) is 4.08. The Morgan fingerprint density at radius 3 is 3.00 bits per heavy atom. The standard InChI is InChI=1S/C7H9BrN2S/c1-6(5-11)3-10-4-7(8)2-9-10/h2,4,11H,1,3,5H2. The summed E-state index contributed by atoms with van der Waals surface area (Å²) in [5.41, 5.74) is 1.06. The van der Waals surface area contributed by atoms with Gasteiger partial charge in [0.25, 0.3) is 0 Å². The number of halogens is 1. The van der Waals surface area contributed by atoms with Gasteiger partial charge in [0.1, 0.15) is 0 Å². The minimum Gasteiger partial charge on any atom is -0.267 e. The summed E-state index contributed by atoms with van der Waals surface area (Å²) in [4.78, 5) is 0. The average molecular weight is 233 g/mol. The Bertz CT molecular complexity index is 257. The first-order valence-corrected chi connectivity index (χ1v) is 4.60. The van der Waals surface area contributed by atoms with Crippen LogP contribution in [-0.2, 0) is 6.54 Å². The molecule has 4 heteroatoms. The Balaban J connectivity index is 2.57. The van der Waals surface area contributed by atoms with E-state index in [1.807, 2.05) is 10.9 Å². The van der Waals surface area contributed by atoms with Gasteiger partial charge in [-0.15, -0.1) is 0 Å². The Morgan fingerprint density at radius 1 is 1.82 bits per heavy atom. The zero-order valence-corrected chi connectivity index (χ0v) is 8.48. The van der Waals surface area contributed by atoms with Crippen molar-refractivity contribution in [2.24, 2.45) is 0 Å². The molecule has 0 unspecified atom stereocenters. The van der Waals surface area contributed by atoms with Crippen LogP contribution in [0.25, 0.3) is 0 Å². The van der Waals surface area contributed by atoms with E-state index in [9.17, 15) is 0 Å². The van der Waals surface area contributed by atoms with Crippen LogP contribution < -0.4 is 0 Å². The number of nitrogens with zero attached hydrogens (tertiary/aromatic N) is 2. The van der Waals surface area contributed by atoms with Gasteiger partial charge in [0, 0.05) is 11.9 Å². The van der Waals surface area contributed by atoms with Crippen LogP contribution in [-0.4, -0.2) is 15.5 Å². The molecule has 0 saturated carbocycles. The smallest absolute Gasteiger partial charge is 0.0632 e. The third-order valence-electron chi connectivity index (χ3n) is 1.21. The number of aromatic nitrogens is 2. The van der Waals surface area contributed by atoms with Crippen LogP contribution in [0.15, 0.2) is 29.0 Å². The Morgan fingerprint density at radius 2 is 2.55 bits per heavy atom. The van der Waals surface area contributed by atoms with Crippen molar-refractivity contribution < 1.29 is 0 Å². The molecule has 0 saturated heterocycles. The van der Waals surface area contributed by atoms with Crippen molar-refractivity contribution in [1.29, 1.82) is 0 Å². The summed E-state index contributed by atoms with van der Waals surface area (Å²) in [6.45, 7) is 4.57. The fourth-order valence-corrected chi connectivity index (χ4v) is 1.13. The summed E-state index contributed by atoms with van der Waals surface area (Å²) < 4.78 is 2.81. The molecule has 60 valence electrons. The minimum atomic E-state index is 0.706. The average Bonchev–Trinajstić information content (AvgIpc) is 2.35. The quantitative estimate of drug-likeness (QED) is 0.625. The lowest BCUT2D eigenvalue weighted by atomic mass is 10.3. The molecule has 0 bridgehead atoms. The first kappa shape index (κ1) is 8.87. The molecule has 0 radical (unpaired) electrons. The predicted molar refractivity (Wildman–Crippen MR) is 52.9 cm³/mol. The van der Waals surface area contributed by atoms with Crippen LogP contribution in [0, 0.1) is 0 Å². The molecule has 1 rings (SSSR count). The third kappa shape index (κ3) is 2.71. The van der Waals surface area contributed by atoms with Crippen LogP contribution in [0.2, 0.25) is 0 Å². The lowest BCUT2D eigenvalue weighted by Crippen LogP contribution is -2.01. The molecule has 1 aromatic rings. The van der Waals surface area contributed by atoms with Gasteiger partial charge in [-0.2, -0.15) is 17.7 Å². The molecule has 1 aromatic heterocycles. The normalized spacial score (nSPS) is 10.0. The maximum Gasteiger partial charge on any atom is 0.0632 e. The third-order valence-corrected chi connectivity index (χ3v) is 2.07. The van der Waals surface area contributed by atoms with Crippen molar-refractivity contribution >= 4 is 28.6 Å². The Hall–Kier alpha value is -0.220. The van der Waals surface area contributed by atoms with Crippen LogP contribution in [0.5, 0.6) is 0 Å². The fourth-order valence-electron chi connectivity index (χ4n) is 0.704. The van der Waals surface area contributed by atoms with Gasteiger partial charge in [-0.05, 0) is 21.5 Å². The first-order chi connectivity index (χ1) is 5.22.